The van der Waals surface area contributed by atoms with Gasteiger partial charge in [-0.05, 0) is 42.3 Å². The largest absolute Gasteiger partial charge is 0.385 e. The molecular formula is C15H12BrClF2O. The Hall–Kier alpha value is -0.970. The van der Waals surface area contributed by atoms with Gasteiger partial charge in [0.05, 0.1) is 5.60 Å². The highest BCUT2D eigenvalue weighted by Gasteiger charge is 2.26. The first kappa shape index (κ1) is 15.4. The lowest BCUT2D eigenvalue weighted by Crippen LogP contribution is -2.25. The van der Waals surface area contributed by atoms with E-state index in [-0.39, 0.29) is 12.0 Å². The van der Waals surface area contributed by atoms with E-state index in [1.165, 1.54) is 6.92 Å². The third-order valence-electron chi connectivity index (χ3n) is 3.03. The van der Waals surface area contributed by atoms with Crippen molar-refractivity contribution in [1.82, 2.24) is 0 Å². The lowest BCUT2D eigenvalue weighted by Gasteiger charge is -2.24. The van der Waals surface area contributed by atoms with Gasteiger partial charge in [-0.25, -0.2) is 8.78 Å². The number of aliphatic hydroxyl groups is 1. The first-order chi connectivity index (χ1) is 9.28. The van der Waals surface area contributed by atoms with Crippen LogP contribution < -0.4 is 0 Å². The SMILES string of the molecule is CC(O)(Cc1ccc(Br)cc1Cl)c1cc(F)cc(F)c1. The second-order valence-electron chi connectivity index (χ2n) is 4.84. The first-order valence-electron chi connectivity index (χ1n) is 5.91. The molecule has 1 atom stereocenters. The Kier molecular flexibility index (Phi) is 4.47. The summed E-state index contributed by atoms with van der Waals surface area (Å²) in [5.41, 5.74) is -0.543. The molecule has 0 saturated carbocycles. The van der Waals surface area contributed by atoms with Crippen LogP contribution in [0.3, 0.4) is 0 Å². The summed E-state index contributed by atoms with van der Waals surface area (Å²) in [6, 6.07) is 8.27. The molecule has 5 heteroatoms. The molecule has 0 radical (unpaired) electrons. The van der Waals surface area contributed by atoms with Crippen molar-refractivity contribution >= 4 is 27.5 Å². The van der Waals surface area contributed by atoms with E-state index >= 15 is 0 Å². The second-order valence-corrected chi connectivity index (χ2v) is 6.17. The number of rotatable bonds is 3. The molecular weight excluding hydrogens is 350 g/mol. The van der Waals surface area contributed by atoms with Gasteiger partial charge in [0.1, 0.15) is 11.6 Å². The molecule has 2 aromatic carbocycles. The summed E-state index contributed by atoms with van der Waals surface area (Å²) in [6.45, 7) is 1.50. The average molecular weight is 362 g/mol. The van der Waals surface area contributed by atoms with Crippen molar-refractivity contribution in [3.8, 4) is 0 Å². The summed E-state index contributed by atoms with van der Waals surface area (Å²) >= 11 is 9.39. The summed E-state index contributed by atoms with van der Waals surface area (Å²) in [5.74, 6) is -1.44. The molecule has 1 unspecified atom stereocenters. The highest BCUT2D eigenvalue weighted by atomic mass is 79.9. The maximum absolute atomic E-state index is 13.2. The molecule has 2 aromatic rings. The third-order valence-corrected chi connectivity index (χ3v) is 3.88. The minimum absolute atomic E-state index is 0.155. The number of halogens is 4. The van der Waals surface area contributed by atoms with Crippen molar-refractivity contribution in [2.24, 2.45) is 0 Å². The molecule has 0 heterocycles. The molecule has 0 aliphatic rings. The quantitative estimate of drug-likeness (QED) is 0.830. The van der Waals surface area contributed by atoms with Crippen molar-refractivity contribution in [3.63, 3.8) is 0 Å². The monoisotopic (exact) mass is 360 g/mol. The number of benzene rings is 2. The van der Waals surface area contributed by atoms with Crippen molar-refractivity contribution in [2.45, 2.75) is 18.9 Å². The van der Waals surface area contributed by atoms with Gasteiger partial charge in [0.15, 0.2) is 0 Å². The van der Waals surface area contributed by atoms with E-state index in [0.29, 0.717) is 10.6 Å². The van der Waals surface area contributed by atoms with Gasteiger partial charge in [-0.3, -0.25) is 0 Å². The maximum Gasteiger partial charge on any atom is 0.126 e. The Morgan fingerprint density at radius 3 is 2.30 bits per heavy atom. The lowest BCUT2D eigenvalue weighted by molar-refractivity contribution is 0.0569. The highest BCUT2D eigenvalue weighted by molar-refractivity contribution is 9.10. The zero-order valence-electron chi connectivity index (χ0n) is 10.6. The Morgan fingerprint density at radius 1 is 1.15 bits per heavy atom. The van der Waals surface area contributed by atoms with Crippen LogP contribution in [0.1, 0.15) is 18.1 Å². The van der Waals surface area contributed by atoms with E-state index in [2.05, 4.69) is 15.9 Å². The van der Waals surface area contributed by atoms with Crippen molar-refractivity contribution in [2.75, 3.05) is 0 Å². The van der Waals surface area contributed by atoms with Gasteiger partial charge in [0, 0.05) is 22.0 Å². The second kappa shape index (κ2) is 5.80. The molecule has 2 rings (SSSR count). The number of hydrogen-bond acceptors (Lipinski definition) is 1. The Labute approximate surface area is 129 Å². The average Bonchev–Trinajstić information content (AvgIpc) is 2.31. The fraction of sp³-hybridized carbons (Fsp3) is 0.200. The normalized spacial score (nSPS) is 14.1. The highest BCUT2D eigenvalue weighted by Crippen LogP contribution is 2.30. The van der Waals surface area contributed by atoms with Crippen LogP contribution in [-0.2, 0) is 12.0 Å². The predicted octanol–water partition coefficient (Wildman–Crippen LogP) is 4.83. The van der Waals surface area contributed by atoms with Crippen molar-refractivity contribution < 1.29 is 13.9 Å². The van der Waals surface area contributed by atoms with E-state index in [4.69, 9.17) is 11.6 Å². The van der Waals surface area contributed by atoms with Crippen LogP contribution in [0.15, 0.2) is 40.9 Å². The van der Waals surface area contributed by atoms with E-state index in [0.717, 1.165) is 22.7 Å². The van der Waals surface area contributed by atoms with E-state index in [1.54, 1.807) is 18.2 Å². The van der Waals surface area contributed by atoms with Crippen LogP contribution in [0.25, 0.3) is 0 Å². The van der Waals surface area contributed by atoms with Crippen LogP contribution in [0.4, 0.5) is 8.78 Å². The fourth-order valence-electron chi connectivity index (χ4n) is 2.00. The van der Waals surface area contributed by atoms with Gasteiger partial charge in [0.2, 0.25) is 0 Å². The molecule has 0 fully saturated rings. The van der Waals surface area contributed by atoms with Gasteiger partial charge >= 0.3 is 0 Å². The summed E-state index contributed by atoms with van der Waals surface area (Å²) in [6.07, 6.45) is 0.155. The molecule has 1 N–H and O–H groups in total. The van der Waals surface area contributed by atoms with Gasteiger partial charge in [-0.15, -0.1) is 0 Å². The number of hydrogen-bond donors (Lipinski definition) is 1. The van der Waals surface area contributed by atoms with Crippen LogP contribution >= 0.6 is 27.5 Å². The molecule has 0 spiro atoms. The standard InChI is InChI=1S/C15H12BrClF2O/c1-15(20,10-4-12(18)7-13(19)5-10)8-9-2-3-11(16)6-14(9)17/h2-7,20H,8H2,1H3. The summed E-state index contributed by atoms with van der Waals surface area (Å²) < 4.78 is 27.3. The summed E-state index contributed by atoms with van der Waals surface area (Å²) in [5, 5.41) is 11.0. The molecule has 0 aromatic heterocycles. The maximum atomic E-state index is 13.2. The van der Waals surface area contributed by atoms with Crippen LogP contribution in [0.2, 0.25) is 5.02 Å². The molecule has 0 aliphatic carbocycles. The minimum atomic E-state index is -1.42. The van der Waals surface area contributed by atoms with E-state index in [9.17, 15) is 13.9 Å². The topological polar surface area (TPSA) is 20.2 Å². The molecule has 1 nitrogen and oxygen atoms in total. The third kappa shape index (κ3) is 3.57. The van der Waals surface area contributed by atoms with Crippen LogP contribution in [0, 0.1) is 11.6 Å². The molecule has 106 valence electrons. The minimum Gasteiger partial charge on any atom is -0.385 e. The van der Waals surface area contributed by atoms with Crippen molar-refractivity contribution in [3.05, 3.63) is 68.7 Å². The van der Waals surface area contributed by atoms with Gasteiger partial charge in [-0.2, -0.15) is 0 Å². The fourth-order valence-corrected chi connectivity index (χ4v) is 2.74. The Bertz CT molecular complexity index is 624. The predicted molar refractivity (Wildman–Crippen MR) is 78.8 cm³/mol. The Morgan fingerprint density at radius 2 is 1.75 bits per heavy atom. The van der Waals surface area contributed by atoms with Crippen molar-refractivity contribution in [1.29, 1.82) is 0 Å². The smallest absolute Gasteiger partial charge is 0.126 e. The molecule has 20 heavy (non-hydrogen) atoms. The van der Waals surface area contributed by atoms with Gasteiger partial charge in [0.25, 0.3) is 0 Å². The Balaban J connectivity index is 2.34. The summed E-state index contributed by atoms with van der Waals surface area (Å²) in [7, 11) is 0. The van der Waals surface area contributed by atoms with E-state index < -0.39 is 17.2 Å². The molecule has 0 bridgehead atoms. The van der Waals surface area contributed by atoms with Gasteiger partial charge < -0.3 is 5.11 Å². The summed E-state index contributed by atoms with van der Waals surface area (Å²) in [4.78, 5) is 0. The zero-order valence-corrected chi connectivity index (χ0v) is 13.0. The zero-order chi connectivity index (χ0) is 14.9. The van der Waals surface area contributed by atoms with E-state index in [1.807, 2.05) is 0 Å². The van der Waals surface area contributed by atoms with Crippen LogP contribution in [0.5, 0.6) is 0 Å². The molecule has 0 saturated heterocycles. The lowest BCUT2D eigenvalue weighted by atomic mass is 9.89. The van der Waals surface area contributed by atoms with Gasteiger partial charge in [-0.1, -0.05) is 33.6 Å². The molecule has 0 amide bonds. The first-order valence-corrected chi connectivity index (χ1v) is 7.08. The molecule has 0 aliphatic heterocycles. The van der Waals surface area contributed by atoms with Crippen LogP contribution in [-0.4, -0.2) is 5.11 Å².